The van der Waals surface area contributed by atoms with Gasteiger partial charge in [-0.25, -0.2) is 13.1 Å². The van der Waals surface area contributed by atoms with Gasteiger partial charge in [0.2, 0.25) is 10.0 Å². The Morgan fingerprint density at radius 3 is 2.65 bits per heavy atom. The Labute approximate surface area is 117 Å². The molecule has 0 spiro atoms. The molecule has 0 amide bonds. The first-order valence-corrected chi connectivity index (χ1v) is 7.43. The van der Waals surface area contributed by atoms with Crippen LogP contribution < -0.4 is 9.46 Å². The molecule has 20 heavy (non-hydrogen) atoms. The van der Waals surface area contributed by atoms with Crippen LogP contribution in [0.15, 0.2) is 35.5 Å². The Morgan fingerprint density at radius 2 is 2.05 bits per heavy atom. The molecule has 0 aliphatic carbocycles. The first kappa shape index (κ1) is 14.5. The molecule has 1 heterocycles. The van der Waals surface area contributed by atoms with E-state index in [4.69, 9.17) is 4.74 Å². The maximum Gasteiger partial charge on any atom is 0.244 e. The number of nitrogens with zero attached hydrogens (tertiary/aromatic N) is 3. The van der Waals surface area contributed by atoms with Crippen LogP contribution in [0.4, 0.5) is 0 Å². The SMILES string of the molecule is COc1ccccc1S(=O)(=O)N[C@@H](C)c1nncn1C. The summed E-state index contributed by atoms with van der Waals surface area (Å²) in [4.78, 5) is 0.0940. The van der Waals surface area contributed by atoms with Crippen molar-refractivity contribution in [1.29, 1.82) is 0 Å². The molecule has 1 N–H and O–H groups in total. The third-order valence-corrected chi connectivity index (χ3v) is 4.40. The van der Waals surface area contributed by atoms with Gasteiger partial charge >= 0.3 is 0 Å². The molecular formula is C12H16N4O3S. The van der Waals surface area contributed by atoms with E-state index < -0.39 is 16.1 Å². The molecule has 0 bridgehead atoms. The average Bonchev–Trinajstić information content (AvgIpc) is 2.84. The van der Waals surface area contributed by atoms with Gasteiger partial charge in [0.25, 0.3) is 0 Å². The Morgan fingerprint density at radius 1 is 1.35 bits per heavy atom. The van der Waals surface area contributed by atoms with Gasteiger partial charge in [-0.3, -0.25) is 0 Å². The van der Waals surface area contributed by atoms with Crippen molar-refractivity contribution in [2.24, 2.45) is 7.05 Å². The molecule has 2 rings (SSSR count). The zero-order valence-electron chi connectivity index (χ0n) is 11.4. The Bertz CT molecular complexity index is 696. The van der Waals surface area contributed by atoms with Crippen LogP contribution in [0.1, 0.15) is 18.8 Å². The van der Waals surface area contributed by atoms with Crippen molar-refractivity contribution in [3.63, 3.8) is 0 Å². The lowest BCUT2D eigenvalue weighted by Crippen LogP contribution is -2.28. The number of para-hydroxylation sites is 1. The Kier molecular flexibility index (Phi) is 4.05. The number of nitrogens with one attached hydrogen (secondary N) is 1. The molecule has 1 aromatic carbocycles. The summed E-state index contributed by atoms with van der Waals surface area (Å²) in [7, 11) is -0.517. The summed E-state index contributed by atoms with van der Waals surface area (Å²) in [6.45, 7) is 1.71. The maximum absolute atomic E-state index is 12.4. The summed E-state index contributed by atoms with van der Waals surface area (Å²) in [5.41, 5.74) is 0. The molecule has 1 aromatic heterocycles. The number of sulfonamides is 1. The molecule has 0 saturated carbocycles. The number of rotatable bonds is 5. The molecule has 0 aliphatic rings. The highest BCUT2D eigenvalue weighted by molar-refractivity contribution is 7.89. The smallest absolute Gasteiger partial charge is 0.244 e. The number of benzene rings is 1. The molecule has 0 unspecified atom stereocenters. The fourth-order valence-corrected chi connectivity index (χ4v) is 3.25. The third kappa shape index (κ3) is 2.81. The van der Waals surface area contributed by atoms with Crippen LogP contribution in [-0.2, 0) is 17.1 Å². The minimum absolute atomic E-state index is 0.0940. The topological polar surface area (TPSA) is 86.1 Å². The van der Waals surface area contributed by atoms with Gasteiger partial charge in [-0.05, 0) is 19.1 Å². The fourth-order valence-electron chi connectivity index (χ4n) is 1.87. The van der Waals surface area contributed by atoms with Crippen molar-refractivity contribution >= 4 is 10.0 Å². The van der Waals surface area contributed by atoms with E-state index >= 15 is 0 Å². The Balaban J connectivity index is 2.30. The predicted octanol–water partition coefficient (Wildman–Crippen LogP) is 0.863. The molecule has 0 fully saturated rings. The van der Waals surface area contributed by atoms with Crippen molar-refractivity contribution in [3.8, 4) is 5.75 Å². The summed E-state index contributed by atoms with van der Waals surface area (Å²) >= 11 is 0. The largest absolute Gasteiger partial charge is 0.495 e. The Hall–Kier alpha value is -1.93. The molecule has 0 saturated heterocycles. The highest BCUT2D eigenvalue weighted by Crippen LogP contribution is 2.24. The van der Waals surface area contributed by atoms with Crippen molar-refractivity contribution in [2.75, 3.05) is 7.11 Å². The van der Waals surface area contributed by atoms with Gasteiger partial charge in [0.1, 0.15) is 22.8 Å². The van der Waals surface area contributed by atoms with Gasteiger partial charge in [0, 0.05) is 7.05 Å². The fraction of sp³-hybridized carbons (Fsp3) is 0.333. The van der Waals surface area contributed by atoms with E-state index in [1.54, 1.807) is 36.7 Å². The second-order valence-corrected chi connectivity index (χ2v) is 5.98. The first-order chi connectivity index (χ1) is 9.45. The van der Waals surface area contributed by atoms with Crippen molar-refractivity contribution in [2.45, 2.75) is 17.9 Å². The van der Waals surface area contributed by atoms with Crippen LogP contribution in [-0.4, -0.2) is 30.3 Å². The normalized spacial score (nSPS) is 13.2. The van der Waals surface area contributed by atoms with Crippen molar-refractivity contribution in [3.05, 3.63) is 36.4 Å². The molecular weight excluding hydrogens is 280 g/mol. The van der Waals surface area contributed by atoms with Crippen LogP contribution in [0.25, 0.3) is 0 Å². The number of hydrogen-bond donors (Lipinski definition) is 1. The van der Waals surface area contributed by atoms with E-state index in [-0.39, 0.29) is 4.90 Å². The highest BCUT2D eigenvalue weighted by Gasteiger charge is 2.23. The van der Waals surface area contributed by atoms with E-state index in [1.165, 1.54) is 19.5 Å². The summed E-state index contributed by atoms with van der Waals surface area (Å²) in [6, 6.07) is 5.94. The quantitative estimate of drug-likeness (QED) is 0.884. The van der Waals surface area contributed by atoms with Crippen molar-refractivity contribution < 1.29 is 13.2 Å². The molecule has 108 valence electrons. The molecule has 2 aromatic rings. The minimum Gasteiger partial charge on any atom is -0.495 e. The van der Waals surface area contributed by atoms with Crippen LogP contribution in [0.2, 0.25) is 0 Å². The van der Waals surface area contributed by atoms with E-state index in [2.05, 4.69) is 14.9 Å². The van der Waals surface area contributed by atoms with Gasteiger partial charge in [0.05, 0.1) is 13.2 Å². The second-order valence-electron chi connectivity index (χ2n) is 4.29. The minimum atomic E-state index is -3.70. The standard InChI is InChI=1S/C12H16N4O3S/c1-9(12-14-13-8-16(12)2)15-20(17,18)11-7-5-4-6-10(11)19-3/h4-9,15H,1-3H3/t9-/m0/s1. The van der Waals surface area contributed by atoms with E-state index in [0.717, 1.165) is 0 Å². The zero-order chi connectivity index (χ0) is 14.8. The summed E-state index contributed by atoms with van der Waals surface area (Å²) in [6.07, 6.45) is 1.52. The summed E-state index contributed by atoms with van der Waals surface area (Å²) in [5.74, 6) is 0.827. The average molecular weight is 296 g/mol. The van der Waals surface area contributed by atoms with Crippen LogP contribution >= 0.6 is 0 Å². The monoisotopic (exact) mass is 296 g/mol. The van der Waals surface area contributed by atoms with Gasteiger partial charge in [-0.2, -0.15) is 0 Å². The third-order valence-electron chi connectivity index (χ3n) is 2.82. The lowest BCUT2D eigenvalue weighted by molar-refractivity contribution is 0.402. The van der Waals surface area contributed by atoms with Crippen LogP contribution in [0.3, 0.4) is 0 Å². The number of aryl methyl sites for hydroxylation is 1. The number of hydrogen-bond acceptors (Lipinski definition) is 5. The molecule has 1 atom stereocenters. The summed E-state index contributed by atoms with van der Waals surface area (Å²) in [5, 5.41) is 7.62. The number of methoxy groups -OCH3 is 1. The van der Waals surface area contributed by atoms with Gasteiger partial charge in [-0.15, -0.1) is 10.2 Å². The number of aromatic nitrogens is 3. The predicted molar refractivity (Wildman–Crippen MR) is 72.7 cm³/mol. The van der Waals surface area contributed by atoms with Crippen LogP contribution in [0, 0.1) is 0 Å². The second kappa shape index (κ2) is 5.59. The van der Waals surface area contributed by atoms with Crippen LogP contribution in [0.5, 0.6) is 5.75 Å². The van der Waals surface area contributed by atoms with Crippen molar-refractivity contribution in [1.82, 2.24) is 19.5 Å². The highest BCUT2D eigenvalue weighted by atomic mass is 32.2. The van der Waals surface area contributed by atoms with Gasteiger partial charge in [-0.1, -0.05) is 12.1 Å². The molecule has 0 radical (unpaired) electrons. The van der Waals surface area contributed by atoms with Gasteiger partial charge in [0.15, 0.2) is 0 Å². The van der Waals surface area contributed by atoms with Gasteiger partial charge < -0.3 is 9.30 Å². The zero-order valence-corrected chi connectivity index (χ0v) is 12.3. The van der Waals surface area contributed by atoms with E-state index in [0.29, 0.717) is 11.6 Å². The maximum atomic E-state index is 12.4. The first-order valence-electron chi connectivity index (χ1n) is 5.95. The lowest BCUT2D eigenvalue weighted by Gasteiger charge is -2.15. The summed E-state index contributed by atoms with van der Waals surface area (Å²) < 4.78 is 34.1. The lowest BCUT2D eigenvalue weighted by atomic mass is 10.3. The molecule has 0 aliphatic heterocycles. The number of ether oxygens (including phenoxy) is 1. The van der Waals surface area contributed by atoms with E-state index in [1.807, 2.05) is 0 Å². The van der Waals surface area contributed by atoms with E-state index in [9.17, 15) is 8.42 Å². The molecule has 8 heteroatoms. The molecule has 7 nitrogen and oxygen atoms in total.